The van der Waals surface area contributed by atoms with Crippen LogP contribution in [0.3, 0.4) is 0 Å². The Morgan fingerprint density at radius 3 is 2.38 bits per heavy atom. The summed E-state index contributed by atoms with van der Waals surface area (Å²) in [5, 5.41) is 80.7. The van der Waals surface area contributed by atoms with Crippen LogP contribution in [0.1, 0.15) is 0 Å². The van der Waals surface area contributed by atoms with E-state index in [4.69, 9.17) is 23.4 Å². The summed E-state index contributed by atoms with van der Waals surface area (Å²) in [6.07, 6.45) is -9.98. The Hall–Kier alpha value is -3.31. The Morgan fingerprint density at radius 2 is 1.73 bits per heavy atom. The molecule has 14 heteroatoms. The lowest BCUT2D eigenvalue weighted by Gasteiger charge is -2.42. The first kappa shape index (κ1) is 28.2. The number of benzene rings is 2. The number of fused-ring (bicyclic) bond motifs is 1. The van der Waals surface area contributed by atoms with Crippen LogP contribution in [-0.2, 0) is 14.2 Å². The molecule has 0 spiro atoms. The normalized spacial score (nSPS) is 32.4. The molecule has 2 fully saturated rings. The van der Waals surface area contributed by atoms with Crippen molar-refractivity contribution in [2.75, 3.05) is 19.8 Å². The number of rotatable bonds is 7. The summed E-state index contributed by atoms with van der Waals surface area (Å²) in [6, 6.07) is 8.14. The van der Waals surface area contributed by atoms with Crippen molar-refractivity contribution in [2.24, 2.45) is 0 Å². The van der Waals surface area contributed by atoms with Gasteiger partial charge >= 0.3 is 0 Å². The van der Waals surface area contributed by atoms with E-state index in [0.29, 0.717) is 5.56 Å². The fourth-order valence-corrected chi connectivity index (χ4v) is 4.61. The SMILES string of the molecule is O=c1c(-c2ccc(O)cc2)coc2cc(O[C@@H]3O[C@H](CO)[C@@H](O)[C@H](O)[C@H]3O[C@@H]3OC[C@](O)(CO)[C@H]3O)cc(O)c12. The number of ether oxygens (including phenoxy) is 4. The van der Waals surface area contributed by atoms with Crippen LogP contribution in [-0.4, -0.2) is 109 Å². The molecule has 0 saturated carbocycles. The van der Waals surface area contributed by atoms with Gasteiger partial charge in [0.05, 0.1) is 25.4 Å². The Kier molecular flexibility index (Phi) is 7.71. The van der Waals surface area contributed by atoms with E-state index in [0.717, 1.165) is 6.07 Å². The van der Waals surface area contributed by atoms with Crippen molar-refractivity contribution in [1.29, 1.82) is 0 Å². The van der Waals surface area contributed by atoms with Gasteiger partial charge in [0.2, 0.25) is 11.7 Å². The van der Waals surface area contributed by atoms with Crippen molar-refractivity contribution in [3.8, 4) is 28.4 Å². The highest BCUT2D eigenvalue weighted by atomic mass is 16.8. The molecule has 5 rings (SSSR count). The van der Waals surface area contributed by atoms with Gasteiger partial charge in [-0.2, -0.15) is 0 Å². The molecule has 2 aliphatic rings. The molecule has 0 radical (unpaired) electrons. The Bertz CT molecular complexity index is 1410. The number of aliphatic hydroxyl groups is 6. The van der Waals surface area contributed by atoms with Crippen molar-refractivity contribution in [1.82, 2.24) is 0 Å². The van der Waals surface area contributed by atoms with Gasteiger partial charge in [-0.25, -0.2) is 0 Å². The van der Waals surface area contributed by atoms with Crippen molar-refractivity contribution in [3.05, 3.63) is 52.9 Å². The zero-order valence-electron chi connectivity index (χ0n) is 20.7. The van der Waals surface area contributed by atoms with Gasteiger partial charge in [0, 0.05) is 12.1 Å². The van der Waals surface area contributed by atoms with Crippen LogP contribution in [0.4, 0.5) is 0 Å². The molecule has 0 amide bonds. The smallest absolute Gasteiger partial charge is 0.229 e. The fourth-order valence-electron chi connectivity index (χ4n) is 4.61. The molecule has 3 heterocycles. The van der Waals surface area contributed by atoms with Gasteiger partial charge in [-0.15, -0.1) is 0 Å². The van der Waals surface area contributed by atoms with Crippen LogP contribution < -0.4 is 10.2 Å². The van der Waals surface area contributed by atoms with Crippen LogP contribution in [0.25, 0.3) is 22.1 Å². The fraction of sp³-hybridized carbons (Fsp3) is 0.423. The van der Waals surface area contributed by atoms with Crippen LogP contribution in [0.5, 0.6) is 17.2 Å². The van der Waals surface area contributed by atoms with Gasteiger partial charge in [0.25, 0.3) is 0 Å². The van der Waals surface area contributed by atoms with E-state index in [-0.39, 0.29) is 28.0 Å². The van der Waals surface area contributed by atoms with Crippen molar-refractivity contribution < 1.29 is 64.2 Å². The average Bonchev–Trinajstić information content (AvgIpc) is 3.22. The number of phenols is 2. The van der Waals surface area contributed by atoms with Crippen LogP contribution in [0.15, 0.2) is 51.9 Å². The van der Waals surface area contributed by atoms with E-state index in [1.807, 2.05) is 0 Å². The molecule has 0 bridgehead atoms. The Morgan fingerprint density at radius 1 is 1.00 bits per heavy atom. The molecule has 2 aliphatic heterocycles. The predicted molar refractivity (Wildman–Crippen MR) is 132 cm³/mol. The summed E-state index contributed by atoms with van der Waals surface area (Å²) in [5.41, 5.74) is -2.10. The van der Waals surface area contributed by atoms with Crippen LogP contribution in [0.2, 0.25) is 0 Å². The molecule has 3 aromatic rings. The van der Waals surface area contributed by atoms with Gasteiger partial charge < -0.3 is 64.2 Å². The molecule has 2 saturated heterocycles. The highest BCUT2D eigenvalue weighted by Crippen LogP contribution is 2.35. The largest absolute Gasteiger partial charge is 0.508 e. The van der Waals surface area contributed by atoms with Crippen molar-refractivity contribution >= 4 is 11.0 Å². The highest BCUT2D eigenvalue weighted by molar-refractivity contribution is 5.88. The van der Waals surface area contributed by atoms with Gasteiger partial charge in [-0.1, -0.05) is 12.1 Å². The predicted octanol–water partition coefficient (Wildman–Crippen LogP) is -1.49. The molecule has 14 nitrogen and oxygen atoms in total. The van der Waals surface area contributed by atoms with Crippen LogP contribution >= 0.6 is 0 Å². The third kappa shape index (κ3) is 5.01. The first-order chi connectivity index (χ1) is 19.1. The molecular formula is C26H28O14. The molecule has 216 valence electrons. The molecule has 0 unspecified atom stereocenters. The number of aromatic hydroxyl groups is 2. The number of hydrogen-bond acceptors (Lipinski definition) is 14. The van der Waals surface area contributed by atoms with Crippen LogP contribution in [0, 0.1) is 0 Å². The molecule has 0 aliphatic carbocycles. The zero-order chi connectivity index (χ0) is 28.8. The average molecular weight is 564 g/mol. The lowest BCUT2D eigenvalue weighted by molar-refractivity contribution is -0.318. The molecule has 1 aromatic heterocycles. The lowest BCUT2D eigenvalue weighted by atomic mass is 9.98. The summed E-state index contributed by atoms with van der Waals surface area (Å²) in [4.78, 5) is 13.1. The zero-order valence-corrected chi connectivity index (χ0v) is 20.7. The van der Waals surface area contributed by atoms with E-state index in [1.54, 1.807) is 0 Å². The molecule has 2 aromatic carbocycles. The maximum absolute atomic E-state index is 13.1. The Balaban J connectivity index is 1.45. The first-order valence-electron chi connectivity index (χ1n) is 12.2. The molecule has 8 atom stereocenters. The molecule has 40 heavy (non-hydrogen) atoms. The number of aliphatic hydroxyl groups excluding tert-OH is 5. The quantitative estimate of drug-likeness (QED) is 0.164. The van der Waals surface area contributed by atoms with Crippen molar-refractivity contribution in [2.45, 2.75) is 48.7 Å². The van der Waals surface area contributed by atoms with Gasteiger partial charge in [0.15, 0.2) is 12.4 Å². The number of hydrogen-bond donors (Lipinski definition) is 8. The summed E-state index contributed by atoms with van der Waals surface area (Å²) in [7, 11) is 0. The summed E-state index contributed by atoms with van der Waals surface area (Å²) in [5.74, 6) is -0.633. The van der Waals surface area contributed by atoms with E-state index in [9.17, 15) is 45.6 Å². The summed E-state index contributed by atoms with van der Waals surface area (Å²) >= 11 is 0. The maximum Gasteiger partial charge on any atom is 0.229 e. The summed E-state index contributed by atoms with van der Waals surface area (Å²) < 4.78 is 27.7. The molecular weight excluding hydrogens is 536 g/mol. The topological polar surface area (TPSA) is 229 Å². The highest BCUT2D eigenvalue weighted by Gasteiger charge is 2.53. The second-order valence-electron chi connectivity index (χ2n) is 9.65. The van der Waals surface area contributed by atoms with E-state index >= 15 is 0 Å². The minimum Gasteiger partial charge on any atom is -0.508 e. The van der Waals surface area contributed by atoms with E-state index in [1.165, 1.54) is 36.6 Å². The maximum atomic E-state index is 13.1. The standard InChI is InChI=1S/C26H28O14/c27-7-17-20(32)21(33)22(40-25-23(34)26(35,9-28)10-37-25)24(39-17)38-13-5-15(30)18-16(6-13)36-8-14(19(18)31)11-1-3-12(29)4-2-11/h1-6,8,17,20-25,27-30,32-35H,7,9-10H2/t17-,20-,21+,22-,23+,24-,25+,26-/m1/s1. The minimum absolute atomic E-state index is 0.00457. The third-order valence-corrected chi connectivity index (χ3v) is 6.96. The van der Waals surface area contributed by atoms with Gasteiger partial charge in [-0.05, 0) is 17.7 Å². The molecule has 8 N–H and O–H groups in total. The second kappa shape index (κ2) is 10.9. The Labute approximate surface area is 225 Å². The van der Waals surface area contributed by atoms with Gasteiger partial charge in [0.1, 0.15) is 64.5 Å². The first-order valence-corrected chi connectivity index (χ1v) is 12.2. The monoisotopic (exact) mass is 564 g/mol. The van der Waals surface area contributed by atoms with Gasteiger partial charge in [-0.3, -0.25) is 4.79 Å². The van der Waals surface area contributed by atoms with E-state index in [2.05, 4.69) is 0 Å². The second-order valence-corrected chi connectivity index (χ2v) is 9.65. The van der Waals surface area contributed by atoms with E-state index < -0.39 is 79.7 Å². The number of phenolic OH excluding ortho intramolecular Hbond substituents is 2. The van der Waals surface area contributed by atoms with Crippen molar-refractivity contribution in [3.63, 3.8) is 0 Å². The minimum atomic E-state index is -2.03. The lowest BCUT2D eigenvalue weighted by Crippen LogP contribution is -2.62. The summed E-state index contributed by atoms with van der Waals surface area (Å²) in [6.45, 7) is -2.05. The third-order valence-electron chi connectivity index (χ3n) is 6.96.